The van der Waals surface area contributed by atoms with Crippen LogP contribution < -0.4 is 10.6 Å². The molecule has 2 N–H and O–H groups in total. The highest BCUT2D eigenvalue weighted by atomic mass is 35.5. The van der Waals surface area contributed by atoms with Gasteiger partial charge >= 0.3 is 0 Å². The van der Waals surface area contributed by atoms with Gasteiger partial charge in [0.25, 0.3) is 5.91 Å². The molecule has 3 heterocycles. The molecule has 0 saturated carbocycles. The number of anilines is 2. The first kappa shape index (κ1) is 21.5. The van der Waals surface area contributed by atoms with Crippen molar-refractivity contribution >= 4 is 57.2 Å². The van der Waals surface area contributed by atoms with Crippen LogP contribution in [0.4, 0.5) is 10.8 Å². The molecule has 31 heavy (non-hydrogen) atoms. The van der Waals surface area contributed by atoms with E-state index in [1.54, 1.807) is 40.9 Å². The molecule has 0 spiro atoms. The number of benzene rings is 1. The Morgan fingerprint density at radius 1 is 1.16 bits per heavy atom. The monoisotopic (exact) mass is 475 g/mol. The van der Waals surface area contributed by atoms with Crippen LogP contribution in [0.2, 0.25) is 10.0 Å². The van der Waals surface area contributed by atoms with Crippen LogP contribution in [-0.4, -0.2) is 39.3 Å². The number of hydrogen-bond donors (Lipinski definition) is 2. The lowest BCUT2D eigenvalue weighted by Crippen LogP contribution is -2.45. The summed E-state index contributed by atoms with van der Waals surface area (Å²) < 4.78 is 0. The van der Waals surface area contributed by atoms with Gasteiger partial charge in [0.15, 0.2) is 5.13 Å². The van der Waals surface area contributed by atoms with Gasteiger partial charge in [-0.25, -0.2) is 4.98 Å². The first-order valence-electron chi connectivity index (χ1n) is 9.66. The molecular weight excluding hydrogens is 457 g/mol. The fourth-order valence-electron chi connectivity index (χ4n) is 3.36. The molecule has 0 radical (unpaired) electrons. The number of carbonyl (C=O) groups excluding carboxylic acids is 2. The van der Waals surface area contributed by atoms with E-state index in [0.717, 1.165) is 17.7 Å². The predicted molar refractivity (Wildman–Crippen MR) is 122 cm³/mol. The molecule has 2 aromatic heterocycles. The maximum atomic E-state index is 13.0. The number of halogens is 2. The Labute approximate surface area is 193 Å². The number of nitrogens with zero attached hydrogens (tertiary/aromatic N) is 3. The van der Waals surface area contributed by atoms with Gasteiger partial charge in [0.2, 0.25) is 5.91 Å². The quantitative estimate of drug-likeness (QED) is 0.547. The van der Waals surface area contributed by atoms with E-state index in [9.17, 15) is 9.59 Å². The molecule has 160 valence electrons. The van der Waals surface area contributed by atoms with Crippen molar-refractivity contribution in [1.82, 2.24) is 20.2 Å². The molecule has 1 aliphatic heterocycles. The van der Waals surface area contributed by atoms with Gasteiger partial charge in [-0.2, -0.15) is 0 Å². The Morgan fingerprint density at radius 3 is 2.74 bits per heavy atom. The summed E-state index contributed by atoms with van der Waals surface area (Å²) in [6, 6.07) is 8.34. The fourth-order valence-corrected chi connectivity index (χ4v) is 4.37. The second-order valence-corrected chi connectivity index (χ2v) is 8.69. The summed E-state index contributed by atoms with van der Waals surface area (Å²) in [6.45, 7) is 0.924. The van der Waals surface area contributed by atoms with Crippen molar-refractivity contribution in [3.63, 3.8) is 0 Å². The zero-order valence-corrected chi connectivity index (χ0v) is 18.7. The summed E-state index contributed by atoms with van der Waals surface area (Å²) in [4.78, 5) is 35.7. The number of likely N-dealkylation sites (tertiary alicyclic amines) is 1. The summed E-state index contributed by atoms with van der Waals surface area (Å²) in [5.41, 5.74) is 1.98. The average Bonchev–Trinajstić information content (AvgIpc) is 3.45. The molecule has 1 aromatic carbocycles. The minimum atomic E-state index is -0.498. The molecule has 1 aliphatic rings. The zero-order chi connectivity index (χ0) is 21.8. The predicted octanol–water partition coefficient (Wildman–Crippen LogP) is 4.51. The van der Waals surface area contributed by atoms with Crippen LogP contribution in [0.3, 0.4) is 0 Å². The Kier molecular flexibility index (Phi) is 6.70. The van der Waals surface area contributed by atoms with Crippen molar-refractivity contribution in [2.45, 2.75) is 25.4 Å². The standard InChI is InChI=1S/C21H19Cl2N5O2S/c22-15-4-3-14(10-16(15)23)26-21-27-17(12-31-21)20(30)28-9-1-2-18(28)19(29)25-11-13-5-7-24-8-6-13/h3-8,10,12,18H,1-2,9,11H2,(H,25,29)(H,26,27)/t18-/m1/s1. The molecule has 1 saturated heterocycles. The van der Waals surface area contributed by atoms with E-state index in [-0.39, 0.29) is 11.8 Å². The lowest BCUT2D eigenvalue weighted by Gasteiger charge is -2.23. The first-order valence-corrected chi connectivity index (χ1v) is 11.3. The van der Waals surface area contributed by atoms with E-state index >= 15 is 0 Å². The van der Waals surface area contributed by atoms with E-state index in [2.05, 4.69) is 20.6 Å². The molecule has 3 aromatic rings. The summed E-state index contributed by atoms with van der Waals surface area (Å²) in [7, 11) is 0. The van der Waals surface area contributed by atoms with Gasteiger partial charge in [0, 0.05) is 36.6 Å². The van der Waals surface area contributed by atoms with Gasteiger partial charge in [-0.15, -0.1) is 11.3 Å². The summed E-state index contributed by atoms with van der Waals surface area (Å²) in [5.74, 6) is -0.410. The van der Waals surface area contributed by atoms with Crippen molar-refractivity contribution in [1.29, 1.82) is 0 Å². The normalized spacial score (nSPS) is 15.7. The Hall–Kier alpha value is -2.68. The lowest BCUT2D eigenvalue weighted by molar-refractivity contribution is -0.125. The molecule has 1 fully saturated rings. The molecule has 4 rings (SSSR count). The summed E-state index contributed by atoms with van der Waals surface area (Å²) in [6.07, 6.45) is 4.77. The SMILES string of the molecule is O=C(NCc1ccncc1)[C@H]1CCCN1C(=O)c1csc(Nc2ccc(Cl)c(Cl)c2)n1. The van der Waals surface area contributed by atoms with Gasteiger partial charge in [-0.1, -0.05) is 23.2 Å². The van der Waals surface area contributed by atoms with Crippen LogP contribution in [0.25, 0.3) is 0 Å². The highest BCUT2D eigenvalue weighted by Gasteiger charge is 2.35. The minimum absolute atomic E-state index is 0.160. The number of carbonyl (C=O) groups is 2. The largest absolute Gasteiger partial charge is 0.350 e. The van der Waals surface area contributed by atoms with Gasteiger partial charge in [0.05, 0.1) is 10.0 Å². The number of pyridine rings is 1. The van der Waals surface area contributed by atoms with Crippen LogP contribution in [0.15, 0.2) is 48.1 Å². The van der Waals surface area contributed by atoms with Crippen LogP contribution in [0.5, 0.6) is 0 Å². The molecule has 7 nitrogen and oxygen atoms in total. The molecule has 0 unspecified atom stereocenters. The minimum Gasteiger partial charge on any atom is -0.350 e. The maximum Gasteiger partial charge on any atom is 0.274 e. The topological polar surface area (TPSA) is 87.2 Å². The molecule has 0 aliphatic carbocycles. The molecular formula is C21H19Cl2N5O2S. The number of hydrogen-bond acceptors (Lipinski definition) is 6. The van der Waals surface area contributed by atoms with Crippen molar-refractivity contribution in [3.8, 4) is 0 Å². The summed E-state index contributed by atoms with van der Waals surface area (Å²) >= 11 is 13.3. The number of rotatable bonds is 6. The van der Waals surface area contributed by atoms with Crippen molar-refractivity contribution < 1.29 is 9.59 Å². The fraction of sp³-hybridized carbons (Fsp3) is 0.238. The zero-order valence-electron chi connectivity index (χ0n) is 16.3. The van der Waals surface area contributed by atoms with E-state index in [4.69, 9.17) is 23.2 Å². The molecule has 10 heteroatoms. The third-order valence-electron chi connectivity index (χ3n) is 4.93. The van der Waals surface area contributed by atoms with Crippen LogP contribution in [-0.2, 0) is 11.3 Å². The molecule has 2 amide bonds. The van der Waals surface area contributed by atoms with E-state index in [1.165, 1.54) is 11.3 Å². The van der Waals surface area contributed by atoms with E-state index < -0.39 is 6.04 Å². The highest BCUT2D eigenvalue weighted by Crippen LogP contribution is 2.29. The maximum absolute atomic E-state index is 13.0. The van der Waals surface area contributed by atoms with Crippen LogP contribution >= 0.6 is 34.5 Å². The third-order valence-corrected chi connectivity index (χ3v) is 6.42. The molecule has 1 atom stereocenters. The third kappa shape index (κ3) is 5.15. The second kappa shape index (κ2) is 9.64. The van der Waals surface area contributed by atoms with E-state index in [0.29, 0.717) is 40.4 Å². The van der Waals surface area contributed by atoms with E-state index in [1.807, 2.05) is 12.1 Å². The number of amides is 2. The number of aromatic nitrogens is 2. The number of nitrogens with one attached hydrogen (secondary N) is 2. The first-order chi connectivity index (χ1) is 15.0. The van der Waals surface area contributed by atoms with Gasteiger partial charge in [0.1, 0.15) is 11.7 Å². The Bertz CT molecular complexity index is 1090. The van der Waals surface area contributed by atoms with Gasteiger partial charge < -0.3 is 15.5 Å². The van der Waals surface area contributed by atoms with Gasteiger partial charge in [-0.05, 0) is 48.7 Å². The second-order valence-electron chi connectivity index (χ2n) is 7.02. The van der Waals surface area contributed by atoms with Crippen molar-refractivity contribution in [2.75, 3.05) is 11.9 Å². The highest BCUT2D eigenvalue weighted by molar-refractivity contribution is 7.14. The smallest absolute Gasteiger partial charge is 0.274 e. The summed E-state index contributed by atoms with van der Waals surface area (Å²) in [5, 5.41) is 9.16. The van der Waals surface area contributed by atoms with Crippen molar-refractivity contribution in [3.05, 3.63) is 69.4 Å². The Morgan fingerprint density at radius 2 is 1.97 bits per heavy atom. The lowest BCUT2D eigenvalue weighted by atomic mass is 10.2. The van der Waals surface area contributed by atoms with Crippen LogP contribution in [0.1, 0.15) is 28.9 Å². The number of thiazole rings is 1. The average molecular weight is 476 g/mol. The van der Waals surface area contributed by atoms with Gasteiger partial charge in [-0.3, -0.25) is 14.6 Å². The van der Waals surface area contributed by atoms with Crippen LogP contribution in [0, 0.1) is 0 Å². The van der Waals surface area contributed by atoms with Crippen molar-refractivity contribution in [2.24, 2.45) is 0 Å². The molecule has 0 bridgehead atoms. The Balaban J connectivity index is 1.40.